The number of H-pyrrole nitrogens is 1. The number of pyridine rings is 1. The summed E-state index contributed by atoms with van der Waals surface area (Å²) in [5.41, 5.74) is 1.21. The van der Waals surface area contributed by atoms with Crippen molar-refractivity contribution in [3.05, 3.63) is 65.1 Å². The predicted molar refractivity (Wildman–Crippen MR) is 96.7 cm³/mol. The number of rotatable bonds is 3. The van der Waals surface area contributed by atoms with Gasteiger partial charge in [-0.2, -0.15) is 13.2 Å². The maximum absolute atomic E-state index is 14.1. The molecule has 1 aliphatic rings. The summed E-state index contributed by atoms with van der Waals surface area (Å²) in [4.78, 5) is 8.39. The lowest BCUT2D eigenvalue weighted by Gasteiger charge is -2.30. The SMILES string of the molecule is COc1cc(C(F)(F)F)ncc1N1CCc2[nH]c(-c3c(F)cccc3F)cc2C1. The van der Waals surface area contributed by atoms with Gasteiger partial charge in [0, 0.05) is 31.3 Å². The van der Waals surface area contributed by atoms with E-state index in [1.165, 1.54) is 25.3 Å². The summed E-state index contributed by atoms with van der Waals surface area (Å²) in [7, 11) is 1.30. The van der Waals surface area contributed by atoms with Gasteiger partial charge in [-0.25, -0.2) is 13.8 Å². The number of anilines is 1. The molecule has 3 aromatic rings. The summed E-state index contributed by atoms with van der Waals surface area (Å²) in [6.07, 6.45) is -2.91. The normalized spacial score (nSPS) is 14.1. The van der Waals surface area contributed by atoms with Crippen LogP contribution in [0.1, 0.15) is 17.0 Å². The number of hydrogen-bond acceptors (Lipinski definition) is 3. The zero-order chi connectivity index (χ0) is 20.8. The van der Waals surface area contributed by atoms with E-state index >= 15 is 0 Å². The number of methoxy groups -OCH3 is 1. The van der Waals surface area contributed by atoms with Gasteiger partial charge < -0.3 is 14.6 Å². The Morgan fingerprint density at radius 3 is 2.52 bits per heavy atom. The van der Waals surface area contributed by atoms with E-state index in [-0.39, 0.29) is 11.3 Å². The topological polar surface area (TPSA) is 41.1 Å². The minimum atomic E-state index is -4.57. The highest BCUT2D eigenvalue weighted by Gasteiger charge is 2.34. The first-order valence-electron chi connectivity index (χ1n) is 8.79. The van der Waals surface area contributed by atoms with Gasteiger partial charge in [-0.1, -0.05) is 6.07 Å². The second kappa shape index (κ2) is 7.06. The van der Waals surface area contributed by atoms with E-state index in [1.54, 1.807) is 6.07 Å². The molecule has 0 saturated heterocycles. The molecule has 0 atom stereocenters. The molecule has 0 saturated carbocycles. The van der Waals surface area contributed by atoms with Gasteiger partial charge >= 0.3 is 6.18 Å². The van der Waals surface area contributed by atoms with Crippen LogP contribution in [0.15, 0.2) is 36.5 Å². The molecule has 0 spiro atoms. The lowest BCUT2D eigenvalue weighted by molar-refractivity contribution is -0.141. The number of aromatic nitrogens is 2. The predicted octanol–water partition coefficient (Wildman–Crippen LogP) is 4.95. The van der Waals surface area contributed by atoms with Gasteiger partial charge in [0.1, 0.15) is 23.1 Å². The molecule has 152 valence electrons. The van der Waals surface area contributed by atoms with Crippen molar-refractivity contribution < 1.29 is 26.7 Å². The average Bonchev–Trinajstić information content (AvgIpc) is 3.09. The quantitative estimate of drug-likeness (QED) is 0.623. The van der Waals surface area contributed by atoms with Crippen LogP contribution in [0, 0.1) is 11.6 Å². The van der Waals surface area contributed by atoms with E-state index < -0.39 is 23.5 Å². The maximum Gasteiger partial charge on any atom is 0.433 e. The highest BCUT2D eigenvalue weighted by Crippen LogP contribution is 2.37. The molecule has 1 aromatic carbocycles. The average molecular weight is 409 g/mol. The van der Waals surface area contributed by atoms with Gasteiger partial charge in [-0.05, 0) is 23.8 Å². The highest BCUT2D eigenvalue weighted by atomic mass is 19.4. The summed E-state index contributed by atoms with van der Waals surface area (Å²) in [6, 6.07) is 6.18. The molecule has 0 fully saturated rings. The summed E-state index contributed by atoms with van der Waals surface area (Å²) in [6.45, 7) is 0.821. The molecule has 1 N–H and O–H groups in total. The van der Waals surface area contributed by atoms with Gasteiger partial charge in [-0.3, -0.25) is 0 Å². The summed E-state index contributed by atoms with van der Waals surface area (Å²) in [5, 5.41) is 0. The number of aromatic amines is 1. The van der Waals surface area contributed by atoms with Crippen molar-refractivity contribution in [3.63, 3.8) is 0 Å². The molecule has 29 heavy (non-hydrogen) atoms. The number of ether oxygens (including phenoxy) is 1. The van der Waals surface area contributed by atoms with Crippen LogP contribution in [0.3, 0.4) is 0 Å². The Balaban J connectivity index is 1.65. The van der Waals surface area contributed by atoms with Crippen LogP contribution >= 0.6 is 0 Å². The lowest BCUT2D eigenvalue weighted by atomic mass is 10.1. The van der Waals surface area contributed by atoms with Crippen molar-refractivity contribution >= 4 is 5.69 Å². The Morgan fingerprint density at radius 2 is 1.86 bits per heavy atom. The van der Waals surface area contributed by atoms with Gasteiger partial charge in [0.15, 0.2) is 0 Å². The van der Waals surface area contributed by atoms with Crippen LogP contribution < -0.4 is 9.64 Å². The molecule has 4 rings (SSSR count). The minimum Gasteiger partial charge on any atom is -0.494 e. The fourth-order valence-electron chi connectivity index (χ4n) is 3.52. The van der Waals surface area contributed by atoms with Crippen molar-refractivity contribution in [1.82, 2.24) is 9.97 Å². The van der Waals surface area contributed by atoms with Crippen molar-refractivity contribution in [2.75, 3.05) is 18.6 Å². The Bertz CT molecular complexity index is 1040. The summed E-state index contributed by atoms with van der Waals surface area (Å²) < 4.78 is 72.0. The first-order valence-corrected chi connectivity index (χ1v) is 8.79. The lowest BCUT2D eigenvalue weighted by Crippen LogP contribution is -2.30. The van der Waals surface area contributed by atoms with E-state index in [2.05, 4.69) is 9.97 Å². The van der Waals surface area contributed by atoms with E-state index in [4.69, 9.17) is 4.74 Å². The van der Waals surface area contributed by atoms with Gasteiger partial charge in [0.05, 0.1) is 30.3 Å². The first-order chi connectivity index (χ1) is 13.8. The van der Waals surface area contributed by atoms with Crippen LogP contribution in [-0.4, -0.2) is 23.6 Å². The fraction of sp³-hybridized carbons (Fsp3) is 0.250. The van der Waals surface area contributed by atoms with Crippen LogP contribution in [0.5, 0.6) is 5.75 Å². The van der Waals surface area contributed by atoms with E-state index in [0.29, 0.717) is 30.9 Å². The standard InChI is InChI=1S/C20H16F5N3O/c1-29-17-8-18(20(23,24)25)26-9-16(17)28-6-5-14-11(10-28)7-15(27-14)19-12(21)3-2-4-13(19)22/h2-4,7-9,27H,5-6,10H2,1H3. The molecule has 4 nitrogen and oxygen atoms in total. The monoisotopic (exact) mass is 409 g/mol. The molecule has 2 aromatic heterocycles. The second-order valence-electron chi connectivity index (χ2n) is 6.69. The molecule has 0 unspecified atom stereocenters. The van der Waals surface area contributed by atoms with Gasteiger partial charge in [-0.15, -0.1) is 0 Å². The molecule has 3 heterocycles. The number of halogens is 5. The van der Waals surface area contributed by atoms with Crippen molar-refractivity contribution in [3.8, 4) is 17.0 Å². The smallest absolute Gasteiger partial charge is 0.433 e. The molecular formula is C20H16F5N3O. The number of hydrogen-bond donors (Lipinski definition) is 1. The molecule has 0 amide bonds. The number of nitrogens with zero attached hydrogens (tertiary/aromatic N) is 2. The van der Waals surface area contributed by atoms with Gasteiger partial charge in [0.25, 0.3) is 0 Å². The van der Waals surface area contributed by atoms with E-state index in [9.17, 15) is 22.0 Å². The van der Waals surface area contributed by atoms with Crippen LogP contribution in [0.2, 0.25) is 0 Å². The Kier molecular flexibility index (Phi) is 4.68. The van der Waals surface area contributed by atoms with Crippen molar-refractivity contribution in [2.24, 2.45) is 0 Å². The Labute approximate surface area is 162 Å². The molecule has 0 aliphatic carbocycles. The summed E-state index contributed by atoms with van der Waals surface area (Å²) >= 11 is 0. The number of nitrogens with one attached hydrogen (secondary N) is 1. The highest BCUT2D eigenvalue weighted by molar-refractivity contribution is 5.65. The Hall–Kier alpha value is -3.10. The third kappa shape index (κ3) is 3.52. The minimum absolute atomic E-state index is 0.0617. The summed E-state index contributed by atoms with van der Waals surface area (Å²) in [5.74, 6) is -1.28. The molecule has 9 heteroatoms. The van der Waals surface area contributed by atoms with Crippen LogP contribution in [0.4, 0.5) is 27.6 Å². The third-order valence-electron chi connectivity index (χ3n) is 4.91. The van der Waals surface area contributed by atoms with Crippen LogP contribution in [-0.2, 0) is 19.1 Å². The first kappa shape index (κ1) is 19.2. The number of fused-ring (bicyclic) bond motifs is 1. The molecule has 0 bridgehead atoms. The number of benzene rings is 1. The van der Waals surface area contributed by atoms with E-state index in [0.717, 1.165) is 23.5 Å². The zero-order valence-corrected chi connectivity index (χ0v) is 15.3. The maximum atomic E-state index is 14.1. The van der Waals surface area contributed by atoms with Crippen molar-refractivity contribution in [1.29, 1.82) is 0 Å². The third-order valence-corrected chi connectivity index (χ3v) is 4.91. The molecule has 1 aliphatic heterocycles. The van der Waals surface area contributed by atoms with Crippen molar-refractivity contribution in [2.45, 2.75) is 19.1 Å². The Morgan fingerprint density at radius 1 is 1.14 bits per heavy atom. The molecular weight excluding hydrogens is 393 g/mol. The van der Waals surface area contributed by atoms with E-state index in [1.807, 2.05) is 4.90 Å². The second-order valence-corrected chi connectivity index (χ2v) is 6.69. The fourth-order valence-corrected chi connectivity index (χ4v) is 3.52. The van der Waals surface area contributed by atoms with Crippen LogP contribution in [0.25, 0.3) is 11.3 Å². The zero-order valence-electron chi connectivity index (χ0n) is 15.3. The molecule has 0 radical (unpaired) electrons. The largest absolute Gasteiger partial charge is 0.494 e. The van der Waals surface area contributed by atoms with Gasteiger partial charge in [0.2, 0.25) is 0 Å². The number of alkyl halides is 3.